The topological polar surface area (TPSA) is 67.5 Å². The van der Waals surface area contributed by atoms with E-state index in [1.54, 1.807) is 6.07 Å². The second-order valence-electron chi connectivity index (χ2n) is 4.65. The molecule has 0 aliphatic carbocycles. The van der Waals surface area contributed by atoms with Gasteiger partial charge in [-0.15, -0.1) is 0 Å². The van der Waals surface area contributed by atoms with Gasteiger partial charge in [0.05, 0.1) is 30.5 Å². The molecule has 2 N–H and O–H groups in total. The van der Waals surface area contributed by atoms with Crippen molar-refractivity contribution in [2.45, 2.75) is 31.9 Å². The average molecular weight is 246 g/mol. The highest BCUT2D eigenvalue weighted by atomic mass is 16.3. The molecule has 1 aliphatic rings. The molecule has 0 amide bonds. The third-order valence-corrected chi connectivity index (χ3v) is 3.51. The van der Waals surface area contributed by atoms with Crippen LogP contribution in [0.3, 0.4) is 0 Å². The van der Waals surface area contributed by atoms with E-state index < -0.39 is 0 Å². The van der Waals surface area contributed by atoms with E-state index in [0.29, 0.717) is 5.56 Å². The van der Waals surface area contributed by atoms with Gasteiger partial charge in [-0.05, 0) is 37.0 Å². The van der Waals surface area contributed by atoms with Crippen LogP contribution in [0.15, 0.2) is 18.2 Å². The minimum atomic E-state index is -0.0572. The first-order valence-electron chi connectivity index (χ1n) is 6.31. The average Bonchev–Trinajstić information content (AvgIpc) is 2.46. The van der Waals surface area contributed by atoms with Crippen LogP contribution in [-0.2, 0) is 6.61 Å². The van der Waals surface area contributed by atoms with Gasteiger partial charge in [0.1, 0.15) is 6.07 Å². The molecule has 0 aromatic heterocycles. The Morgan fingerprint density at radius 1 is 1.33 bits per heavy atom. The van der Waals surface area contributed by atoms with Gasteiger partial charge in [0, 0.05) is 6.54 Å². The van der Waals surface area contributed by atoms with E-state index in [9.17, 15) is 10.4 Å². The first-order valence-corrected chi connectivity index (χ1v) is 6.31. The Labute approximate surface area is 107 Å². The van der Waals surface area contributed by atoms with Crippen molar-refractivity contribution in [2.75, 3.05) is 18.1 Å². The number of aliphatic hydroxyl groups is 2. The van der Waals surface area contributed by atoms with Crippen LogP contribution in [0.25, 0.3) is 0 Å². The lowest BCUT2D eigenvalue weighted by Gasteiger charge is -2.37. The maximum Gasteiger partial charge on any atom is 0.101 e. The quantitative estimate of drug-likeness (QED) is 0.846. The standard InChI is InChI=1S/C14H18N2O2/c15-8-12-7-11(9-17)4-5-14(12)16-6-2-1-3-13(16)10-18/h4-5,7,13,17-18H,1-3,6,9-10H2. The summed E-state index contributed by atoms with van der Waals surface area (Å²) < 4.78 is 0. The number of rotatable bonds is 3. The predicted molar refractivity (Wildman–Crippen MR) is 69.2 cm³/mol. The number of aliphatic hydroxyl groups excluding tert-OH is 2. The lowest BCUT2D eigenvalue weighted by molar-refractivity contribution is 0.240. The van der Waals surface area contributed by atoms with E-state index in [0.717, 1.165) is 37.1 Å². The summed E-state index contributed by atoms with van der Waals surface area (Å²) in [7, 11) is 0. The molecule has 1 atom stereocenters. The summed E-state index contributed by atoms with van der Waals surface area (Å²) in [6.45, 7) is 0.934. The first kappa shape index (κ1) is 12.9. The Kier molecular flexibility index (Phi) is 4.19. The van der Waals surface area contributed by atoms with Crippen LogP contribution in [0.1, 0.15) is 30.4 Å². The van der Waals surface area contributed by atoms with E-state index in [1.807, 2.05) is 12.1 Å². The van der Waals surface area contributed by atoms with Crippen molar-refractivity contribution < 1.29 is 10.2 Å². The zero-order chi connectivity index (χ0) is 13.0. The molecule has 96 valence electrons. The normalized spacial score (nSPS) is 19.6. The Balaban J connectivity index is 2.34. The van der Waals surface area contributed by atoms with Crippen molar-refractivity contribution in [1.29, 1.82) is 5.26 Å². The van der Waals surface area contributed by atoms with Crippen molar-refractivity contribution in [1.82, 2.24) is 0 Å². The van der Waals surface area contributed by atoms with E-state index in [4.69, 9.17) is 5.11 Å². The largest absolute Gasteiger partial charge is 0.394 e. The minimum Gasteiger partial charge on any atom is -0.394 e. The van der Waals surface area contributed by atoms with Gasteiger partial charge in [-0.2, -0.15) is 5.26 Å². The Morgan fingerprint density at radius 2 is 2.17 bits per heavy atom. The smallest absolute Gasteiger partial charge is 0.101 e. The summed E-state index contributed by atoms with van der Waals surface area (Å²) in [5, 5.41) is 27.7. The number of piperidine rings is 1. The molecule has 0 spiro atoms. The van der Waals surface area contributed by atoms with Crippen LogP contribution in [0.4, 0.5) is 5.69 Å². The third-order valence-electron chi connectivity index (χ3n) is 3.51. The second kappa shape index (κ2) is 5.85. The lowest BCUT2D eigenvalue weighted by Crippen LogP contribution is -2.42. The maximum atomic E-state index is 9.42. The Hall–Kier alpha value is -1.57. The van der Waals surface area contributed by atoms with Crippen LogP contribution >= 0.6 is 0 Å². The zero-order valence-electron chi connectivity index (χ0n) is 10.3. The van der Waals surface area contributed by atoms with E-state index >= 15 is 0 Å². The molecule has 1 aliphatic heterocycles. The zero-order valence-corrected chi connectivity index (χ0v) is 10.3. The van der Waals surface area contributed by atoms with Crippen molar-refractivity contribution in [3.63, 3.8) is 0 Å². The van der Waals surface area contributed by atoms with Crippen LogP contribution in [-0.4, -0.2) is 29.4 Å². The number of nitrogens with zero attached hydrogens (tertiary/aromatic N) is 2. The summed E-state index contributed by atoms with van der Waals surface area (Å²) in [5.41, 5.74) is 2.18. The van der Waals surface area contributed by atoms with Crippen molar-refractivity contribution in [3.8, 4) is 6.07 Å². The maximum absolute atomic E-state index is 9.42. The van der Waals surface area contributed by atoms with Gasteiger partial charge < -0.3 is 15.1 Å². The minimum absolute atomic E-state index is 0.0572. The molecule has 1 unspecified atom stereocenters. The van der Waals surface area contributed by atoms with E-state index in [-0.39, 0.29) is 19.3 Å². The molecular weight excluding hydrogens is 228 g/mol. The predicted octanol–water partition coefficient (Wildman–Crippen LogP) is 1.40. The summed E-state index contributed by atoms with van der Waals surface area (Å²) in [4.78, 5) is 2.11. The van der Waals surface area contributed by atoms with E-state index in [1.165, 1.54) is 0 Å². The first-order chi connectivity index (χ1) is 8.80. The molecule has 0 bridgehead atoms. The molecule has 0 radical (unpaired) electrons. The van der Waals surface area contributed by atoms with Crippen LogP contribution in [0.5, 0.6) is 0 Å². The summed E-state index contributed by atoms with van der Waals surface area (Å²) >= 11 is 0. The fourth-order valence-electron chi connectivity index (χ4n) is 2.53. The van der Waals surface area contributed by atoms with Gasteiger partial charge in [-0.25, -0.2) is 0 Å². The molecule has 1 saturated heterocycles. The van der Waals surface area contributed by atoms with E-state index in [2.05, 4.69) is 11.0 Å². The molecule has 2 rings (SSSR count). The number of hydrogen-bond acceptors (Lipinski definition) is 4. The third kappa shape index (κ3) is 2.47. The molecule has 1 heterocycles. The Bertz CT molecular complexity index is 454. The fourth-order valence-corrected chi connectivity index (χ4v) is 2.53. The summed E-state index contributed by atoms with van der Waals surface area (Å²) in [6.07, 6.45) is 3.17. The molecule has 18 heavy (non-hydrogen) atoms. The number of anilines is 1. The number of hydrogen-bond donors (Lipinski definition) is 2. The SMILES string of the molecule is N#Cc1cc(CO)ccc1N1CCCCC1CO. The Morgan fingerprint density at radius 3 is 2.83 bits per heavy atom. The monoisotopic (exact) mass is 246 g/mol. The molecule has 4 heteroatoms. The van der Waals surface area contributed by atoms with Crippen molar-refractivity contribution in [3.05, 3.63) is 29.3 Å². The van der Waals surface area contributed by atoms with Crippen LogP contribution < -0.4 is 4.90 Å². The van der Waals surface area contributed by atoms with Gasteiger partial charge in [-0.3, -0.25) is 0 Å². The molecule has 4 nitrogen and oxygen atoms in total. The molecule has 1 fully saturated rings. The van der Waals surface area contributed by atoms with Crippen molar-refractivity contribution in [2.24, 2.45) is 0 Å². The molecular formula is C14H18N2O2. The molecule has 1 aromatic rings. The highest BCUT2D eigenvalue weighted by molar-refractivity contribution is 5.61. The van der Waals surface area contributed by atoms with Crippen molar-refractivity contribution >= 4 is 5.69 Å². The highest BCUT2D eigenvalue weighted by Crippen LogP contribution is 2.28. The summed E-state index contributed by atoms with van der Waals surface area (Å²) in [5.74, 6) is 0. The fraction of sp³-hybridized carbons (Fsp3) is 0.500. The highest BCUT2D eigenvalue weighted by Gasteiger charge is 2.23. The van der Waals surface area contributed by atoms with Gasteiger partial charge in [0.2, 0.25) is 0 Å². The van der Waals surface area contributed by atoms with Crippen LogP contribution in [0.2, 0.25) is 0 Å². The van der Waals surface area contributed by atoms with Gasteiger partial charge >= 0.3 is 0 Å². The second-order valence-corrected chi connectivity index (χ2v) is 4.65. The number of benzene rings is 1. The molecule has 1 aromatic carbocycles. The number of nitriles is 1. The molecule has 0 saturated carbocycles. The van der Waals surface area contributed by atoms with Gasteiger partial charge in [-0.1, -0.05) is 6.07 Å². The lowest BCUT2D eigenvalue weighted by atomic mass is 9.99. The van der Waals surface area contributed by atoms with Crippen LogP contribution in [0, 0.1) is 11.3 Å². The van der Waals surface area contributed by atoms with Gasteiger partial charge in [0.15, 0.2) is 0 Å². The summed E-state index contributed by atoms with van der Waals surface area (Å²) in [6, 6.07) is 7.71. The van der Waals surface area contributed by atoms with Gasteiger partial charge in [0.25, 0.3) is 0 Å².